The molecule has 74 valence electrons. The van der Waals surface area contributed by atoms with Crippen LogP contribution in [0.25, 0.3) is 11.0 Å². The molecule has 2 rings (SSSR count). The summed E-state index contributed by atoms with van der Waals surface area (Å²) in [7, 11) is 0. The average Bonchev–Trinajstić information content (AvgIpc) is 2.20. The lowest BCUT2D eigenvalue weighted by Gasteiger charge is -1.91. The summed E-state index contributed by atoms with van der Waals surface area (Å²) in [6.45, 7) is 1.93. The summed E-state index contributed by atoms with van der Waals surface area (Å²) >= 11 is 0. The summed E-state index contributed by atoms with van der Waals surface area (Å²) in [5.41, 5.74) is 0.645. The van der Waals surface area contributed by atoms with Gasteiger partial charge >= 0.3 is 0 Å². The van der Waals surface area contributed by atoms with Crippen LogP contribution in [0, 0.1) is 0 Å². The highest BCUT2D eigenvalue weighted by molar-refractivity contribution is 5.75. The van der Waals surface area contributed by atoms with Crippen molar-refractivity contribution in [1.29, 1.82) is 0 Å². The van der Waals surface area contributed by atoms with Gasteiger partial charge in [-0.3, -0.25) is 4.79 Å². The first kappa shape index (κ1) is 10.5. The highest BCUT2D eigenvalue weighted by Crippen LogP contribution is 2.06. The fourth-order valence-corrected chi connectivity index (χ4v) is 1.03. The van der Waals surface area contributed by atoms with Crippen LogP contribution in [0.2, 0.25) is 0 Å². The lowest BCUT2D eigenvalue weighted by molar-refractivity contribution is 0.318. The maximum absolute atomic E-state index is 11.1. The number of rotatable bonds is 0. The van der Waals surface area contributed by atoms with E-state index >= 15 is 0 Å². The molecule has 3 heteroatoms. The third kappa shape index (κ3) is 2.44. The van der Waals surface area contributed by atoms with E-state index in [1.54, 1.807) is 19.1 Å². The molecule has 2 aromatic rings. The van der Waals surface area contributed by atoms with E-state index in [0.717, 1.165) is 0 Å². The first-order valence-electron chi connectivity index (χ1n) is 4.37. The standard InChI is InChI=1S/C9H6O2.C2H6O/c10-8-5-6-11-9-4-2-1-3-7(8)9;1-2-3/h1-6H;3H,2H2,1H3. The Bertz CT molecular complexity index is 440. The zero-order valence-electron chi connectivity index (χ0n) is 7.93. The van der Waals surface area contributed by atoms with Gasteiger partial charge in [-0.1, -0.05) is 12.1 Å². The predicted molar refractivity (Wildman–Crippen MR) is 55.2 cm³/mol. The number of hydrogen-bond acceptors (Lipinski definition) is 3. The number of aliphatic hydroxyl groups is 1. The summed E-state index contributed by atoms with van der Waals surface area (Å²) in [6, 6.07) is 8.60. The molecule has 14 heavy (non-hydrogen) atoms. The number of fused-ring (bicyclic) bond motifs is 1. The van der Waals surface area contributed by atoms with Crippen molar-refractivity contribution in [1.82, 2.24) is 0 Å². The highest BCUT2D eigenvalue weighted by Gasteiger charge is 1.95. The van der Waals surface area contributed by atoms with E-state index in [9.17, 15) is 4.79 Å². The van der Waals surface area contributed by atoms with Crippen LogP contribution in [-0.4, -0.2) is 11.7 Å². The molecule has 0 spiro atoms. The molecule has 0 fully saturated rings. The number of benzene rings is 1. The lowest BCUT2D eigenvalue weighted by Crippen LogP contribution is -1.96. The summed E-state index contributed by atoms with van der Waals surface area (Å²) < 4.78 is 5.09. The van der Waals surface area contributed by atoms with Crippen LogP contribution in [0.1, 0.15) is 6.92 Å². The van der Waals surface area contributed by atoms with Crippen molar-refractivity contribution in [3.05, 3.63) is 46.8 Å². The molecule has 1 N–H and O–H groups in total. The SMILES string of the molecule is CCO.O=c1ccoc2ccccc12. The van der Waals surface area contributed by atoms with Crippen LogP contribution in [0.4, 0.5) is 0 Å². The van der Waals surface area contributed by atoms with E-state index in [1.807, 2.05) is 12.1 Å². The third-order valence-corrected chi connectivity index (χ3v) is 1.57. The molecular weight excluding hydrogens is 180 g/mol. The van der Waals surface area contributed by atoms with Crippen molar-refractivity contribution in [2.24, 2.45) is 0 Å². The van der Waals surface area contributed by atoms with E-state index < -0.39 is 0 Å². The second-order valence-electron chi connectivity index (χ2n) is 2.60. The summed E-state index contributed by atoms with van der Waals surface area (Å²) in [6.07, 6.45) is 1.41. The Kier molecular flexibility index (Phi) is 3.88. The van der Waals surface area contributed by atoms with Crippen LogP contribution in [0.15, 0.2) is 45.8 Å². The molecule has 0 aliphatic carbocycles. The van der Waals surface area contributed by atoms with Gasteiger partial charge in [0, 0.05) is 12.7 Å². The van der Waals surface area contributed by atoms with Gasteiger partial charge < -0.3 is 9.52 Å². The average molecular weight is 192 g/mol. The molecule has 3 nitrogen and oxygen atoms in total. The smallest absolute Gasteiger partial charge is 0.192 e. The molecule has 0 aliphatic heterocycles. The Labute approximate surface area is 81.6 Å². The van der Waals surface area contributed by atoms with Crippen molar-refractivity contribution in [3.63, 3.8) is 0 Å². The Hall–Kier alpha value is -1.61. The largest absolute Gasteiger partial charge is 0.464 e. The van der Waals surface area contributed by atoms with E-state index in [2.05, 4.69) is 0 Å². The Morgan fingerprint density at radius 3 is 2.57 bits per heavy atom. The van der Waals surface area contributed by atoms with Gasteiger partial charge in [0.05, 0.1) is 11.6 Å². The summed E-state index contributed by atoms with van der Waals surface area (Å²) in [5.74, 6) is 0. The Morgan fingerprint density at radius 1 is 1.29 bits per heavy atom. The van der Waals surface area contributed by atoms with Crippen molar-refractivity contribution in [2.75, 3.05) is 6.61 Å². The van der Waals surface area contributed by atoms with Gasteiger partial charge in [-0.15, -0.1) is 0 Å². The topological polar surface area (TPSA) is 50.4 Å². The van der Waals surface area contributed by atoms with Gasteiger partial charge in [0.1, 0.15) is 5.58 Å². The molecule has 0 radical (unpaired) electrons. The molecule has 0 amide bonds. The molecule has 1 aromatic heterocycles. The van der Waals surface area contributed by atoms with Crippen molar-refractivity contribution in [3.8, 4) is 0 Å². The van der Waals surface area contributed by atoms with Gasteiger partial charge in [-0.05, 0) is 19.1 Å². The second kappa shape index (κ2) is 5.19. The van der Waals surface area contributed by atoms with E-state index in [-0.39, 0.29) is 12.0 Å². The maximum Gasteiger partial charge on any atom is 0.192 e. The molecule has 1 aromatic carbocycles. The second-order valence-corrected chi connectivity index (χ2v) is 2.60. The van der Waals surface area contributed by atoms with Crippen molar-refractivity contribution >= 4 is 11.0 Å². The molecule has 0 atom stereocenters. The molecule has 0 aliphatic rings. The van der Waals surface area contributed by atoms with Gasteiger partial charge in [0.15, 0.2) is 5.43 Å². The fourth-order valence-electron chi connectivity index (χ4n) is 1.03. The first-order chi connectivity index (χ1) is 6.79. The lowest BCUT2D eigenvalue weighted by atomic mass is 10.2. The summed E-state index contributed by atoms with van der Waals surface area (Å²) in [4.78, 5) is 11.1. The summed E-state index contributed by atoms with van der Waals surface area (Å²) in [5, 5.41) is 8.20. The van der Waals surface area contributed by atoms with Crippen LogP contribution in [-0.2, 0) is 0 Å². The Morgan fingerprint density at radius 2 is 1.93 bits per heavy atom. The van der Waals surface area contributed by atoms with Crippen molar-refractivity contribution < 1.29 is 9.52 Å². The molecular formula is C11H12O3. The minimum Gasteiger partial charge on any atom is -0.464 e. The van der Waals surface area contributed by atoms with Gasteiger partial charge in [-0.2, -0.15) is 0 Å². The third-order valence-electron chi connectivity index (χ3n) is 1.57. The molecule has 0 saturated carbocycles. The van der Waals surface area contributed by atoms with E-state index in [4.69, 9.17) is 9.52 Å². The number of hydrogen-bond donors (Lipinski definition) is 1. The van der Waals surface area contributed by atoms with Crippen LogP contribution < -0.4 is 5.43 Å². The van der Waals surface area contributed by atoms with Crippen LogP contribution >= 0.6 is 0 Å². The minimum absolute atomic E-state index is 0.00634. The minimum atomic E-state index is 0.00634. The Balaban J connectivity index is 0.000000293. The molecule has 0 bridgehead atoms. The van der Waals surface area contributed by atoms with E-state index in [1.165, 1.54) is 12.3 Å². The van der Waals surface area contributed by atoms with Crippen LogP contribution in [0.3, 0.4) is 0 Å². The number of para-hydroxylation sites is 1. The molecule has 0 saturated heterocycles. The normalized spacial score (nSPS) is 9.29. The monoisotopic (exact) mass is 192 g/mol. The zero-order chi connectivity index (χ0) is 10.4. The molecule has 1 heterocycles. The van der Waals surface area contributed by atoms with Gasteiger partial charge in [-0.25, -0.2) is 0 Å². The zero-order valence-corrected chi connectivity index (χ0v) is 7.93. The van der Waals surface area contributed by atoms with E-state index in [0.29, 0.717) is 11.0 Å². The quantitative estimate of drug-likeness (QED) is 0.692. The van der Waals surface area contributed by atoms with Gasteiger partial charge in [0.2, 0.25) is 0 Å². The van der Waals surface area contributed by atoms with Gasteiger partial charge in [0.25, 0.3) is 0 Å². The van der Waals surface area contributed by atoms with Crippen molar-refractivity contribution in [2.45, 2.75) is 6.92 Å². The molecule has 0 unspecified atom stereocenters. The number of aliphatic hydroxyl groups excluding tert-OH is 1. The fraction of sp³-hybridized carbons (Fsp3) is 0.182. The van der Waals surface area contributed by atoms with Crippen LogP contribution in [0.5, 0.6) is 0 Å². The first-order valence-corrected chi connectivity index (χ1v) is 4.37. The highest BCUT2D eigenvalue weighted by atomic mass is 16.3. The predicted octanol–water partition coefficient (Wildman–Crippen LogP) is 1.79. The maximum atomic E-state index is 11.1.